The molecule has 1 aliphatic carbocycles. The van der Waals surface area contributed by atoms with Gasteiger partial charge in [-0.05, 0) is 129 Å². The highest BCUT2D eigenvalue weighted by Gasteiger charge is 2.26. The van der Waals surface area contributed by atoms with E-state index in [1.54, 1.807) is 0 Å². The molecule has 0 radical (unpaired) electrons. The van der Waals surface area contributed by atoms with E-state index in [1.165, 1.54) is 54.5 Å². The third kappa shape index (κ3) is 6.42. The van der Waals surface area contributed by atoms with E-state index in [0.717, 1.165) is 55.0 Å². The molecular weight excluding hydrogens is 492 g/mol. The van der Waals surface area contributed by atoms with Crippen LogP contribution in [0.1, 0.15) is 71.5 Å². The summed E-state index contributed by atoms with van der Waals surface area (Å²) < 4.78 is 5.94. The first-order valence-electron chi connectivity index (χ1n) is 14.2. The van der Waals surface area contributed by atoms with Crippen LogP contribution in [0.5, 0.6) is 5.75 Å². The zero-order chi connectivity index (χ0) is 26.3. The number of nitrogens with one attached hydrogen (secondary N) is 1. The Balaban J connectivity index is 1.02. The second kappa shape index (κ2) is 12.8. The van der Waals surface area contributed by atoms with Crippen LogP contribution in [0.25, 0.3) is 11.1 Å². The number of piperidine rings is 1. The van der Waals surface area contributed by atoms with Gasteiger partial charge in [0.25, 0.3) is 5.91 Å². The number of carbonyl (C=O) groups is 1. The molecule has 0 unspecified atom stereocenters. The molecule has 5 heteroatoms. The van der Waals surface area contributed by atoms with Crippen LogP contribution in [-0.4, -0.2) is 44.1 Å². The number of benzene rings is 3. The van der Waals surface area contributed by atoms with Gasteiger partial charge in [0, 0.05) is 17.1 Å². The molecule has 1 amide bonds. The Morgan fingerprint density at radius 1 is 0.921 bits per heavy atom. The molecule has 1 aliphatic heterocycles. The number of ether oxygens (including phenoxy) is 1. The van der Waals surface area contributed by atoms with Crippen molar-refractivity contribution in [2.75, 3.05) is 33.3 Å². The lowest BCUT2D eigenvalue weighted by molar-refractivity contribution is 0.0952. The number of hydrogen-bond donors (Lipinski definition) is 1. The van der Waals surface area contributed by atoms with E-state index in [2.05, 4.69) is 22.3 Å². The van der Waals surface area contributed by atoms with E-state index in [-0.39, 0.29) is 5.91 Å². The highest BCUT2D eigenvalue weighted by molar-refractivity contribution is 6.30. The SMILES string of the molecule is COc1c(C2CCN(CCCCNC(=O)c3ccc(-c4ccc(Cl)cc4)cc3)CC2)ccc2c1CCCC2. The van der Waals surface area contributed by atoms with Gasteiger partial charge in [0.1, 0.15) is 5.75 Å². The number of hydrogen-bond acceptors (Lipinski definition) is 3. The Labute approximate surface area is 232 Å². The quantitative estimate of drug-likeness (QED) is 0.295. The topological polar surface area (TPSA) is 41.6 Å². The second-order valence-electron chi connectivity index (χ2n) is 10.7. The number of unbranched alkanes of at least 4 members (excludes halogenated alkanes) is 1. The number of methoxy groups -OCH3 is 1. The predicted molar refractivity (Wildman–Crippen MR) is 157 cm³/mol. The average Bonchev–Trinajstić information content (AvgIpc) is 2.97. The molecule has 0 atom stereocenters. The van der Waals surface area contributed by atoms with Crippen molar-refractivity contribution in [2.45, 2.75) is 57.3 Å². The summed E-state index contributed by atoms with van der Waals surface area (Å²) >= 11 is 5.98. The summed E-state index contributed by atoms with van der Waals surface area (Å²) in [4.78, 5) is 15.1. The van der Waals surface area contributed by atoms with Gasteiger partial charge >= 0.3 is 0 Å². The van der Waals surface area contributed by atoms with Gasteiger partial charge in [0.2, 0.25) is 0 Å². The van der Waals surface area contributed by atoms with Crippen molar-refractivity contribution < 1.29 is 9.53 Å². The number of fused-ring (bicyclic) bond motifs is 1. The number of nitrogens with zero attached hydrogens (tertiary/aromatic N) is 1. The molecule has 3 aromatic rings. The van der Waals surface area contributed by atoms with Gasteiger partial charge in [-0.1, -0.05) is 48.0 Å². The number of aryl methyl sites for hydroxylation is 1. The molecule has 0 spiro atoms. The summed E-state index contributed by atoms with van der Waals surface area (Å²) in [6.07, 6.45) is 9.42. The van der Waals surface area contributed by atoms with Gasteiger partial charge in [-0.15, -0.1) is 0 Å². The third-order valence-electron chi connectivity index (χ3n) is 8.25. The minimum atomic E-state index is -0.00697. The first-order chi connectivity index (χ1) is 18.6. The molecule has 200 valence electrons. The van der Waals surface area contributed by atoms with Crippen LogP contribution < -0.4 is 10.1 Å². The maximum atomic E-state index is 12.6. The molecule has 3 aromatic carbocycles. The molecule has 38 heavy (non-hydrogen) atoms. The monoisotopic (exact) mass is 530 g/mol. The fourth-order valence-electron chi connectivity index (χ4n) is 6.06. The summed E-state index contributed by atoms with van der Waals surface area (Å²) in [5.74, 6) is 1.77. The average molecular weight is 531 g/mol. The largest absolute Gasteiger partial charge is 0.496 e. The van der Waals surface area contributed by atoms with E-state index in [0.29, 0.717) is 18.0 Å². The van der Waals surface area contributed by atoms with Crippen molar-refractivity contribution in [1.82, 2.24) is 10.2 Å². The minimum Gasteiger partial charge on any atom is -0.496 e. The second-order valence-corrected chi connectivity index (χ2v) is 11.1. The highest BCUT2D eigenvalue weighted by atomic mass is 35.5. The van der Waals surface area contributed by atoms with Crippen molar-refractivity contribution in [2.24, 2.45) is 0 Å². The van der Waals surface area contributed by atoms with Gasteiger partial charge < -0.3 is 15.0 Å². The van der Waals surface area contributed by atoms with Crippen LogP contribution in [-0.2, 0) is 12.8 Å². The van der Waals surface area contributed by atoms with Crippen LogP contribution in [0.3, 0.4) is 0 Å². The number of amides is 1. The first-order valence-corrected chi connectivity index (χ1v) is 14.6. The number of likely N-dealkylation sites (tertiary alicyclic amines) is 1. The van der Waals surface area contributed by atoms with E-state index in [1.807, 2.05) is 55.6 Å². The van der Waals surface area contributed by atoms with E-state index >= 15 is 0 Å². The fourth-order valence-corrected chi connectivity index (χ4v) is 6.19. The lowest BCUT2D eigenvalue weighted by Gasteiger charge is -2.33. The van der Waals surface area contributed by atoms with Crippen molar-refractivity contribution >= 4 is 17.5 Å². The zero-order valence-electron chi connectivity index (χ0n) is 22.5. The molecule has 1 saturated heterocycles. The molecule has 2 aliphatic rings. The fraction of sp³-hybridized carbons (Fsp3) is 0.424. The Morgan fingerprint density at radius 3 is 2.32 bits per heavy atom. The van der Waals surface area contributed by atoms with Gasteiger partial charge in [-0.3, -0.25) is 4.79 Å². The van der Waals surface area contributed by atoms with Crippen LogP contribution in [0.2, 0.25) is 5.02 Å². The molecule has 5 rings (SSSR count). The maximum absolute atomic E-state index is 12.6. The number of halogens is 1. The van der Waals surface area contributed by atoms with Crippen molar-refractivity contribution in [3.05, 3.63) is 87.9 Å². The van der Waals surface area contributed by atoms with Gasteiger partial charge in [-0.25, -0.2) is 0 Å². The van der Waals surface area contributed by atoms with Crippen molar-refractivity contribution in [3.63, 3.8) is 0 Å². The van der Waals surface area contributed by atoms with Crippen molar-refractivity contribution in [3.8, 4) is 16.9 Å². The Morgan fingerprint density at radius 2 is 1.61 bits per heavy atom. The molecule has 0 bridgehead atoms. The number of rotatable bonds is 9. The Hall–Kier alpha value is -2.82. The molecule has 1 heterocycles. The zero-order valence-corrected chi connectivity index (χ0v) is 23.2. The summed E-state index contributed by atoms with van der Waals surface area (Å²) in [6.45, 7) is 4.08. The summed E-state index contributed by atoms with van der Waals surface area (Å²) in [5.41, 5.74) is 7.26. The Bertz CT molecular complexity index is 1210. The molecular formula is C33H39ClN2O2. The summed E-state index contributed by atoms with van der Waals surface area (Å²) in [7, 11) is 1.85. The van der Waals surface area contributed by atoms with Gasteiger partial charge in [0.15, 0.2) is 0 Å². The molecule has 1 fully saturated rings. The normalized spacial score (nSPS) is 16.2. The molecule has 0 aromatic heterocycles. The van der Waals surface area contributed by atoms with Crippen molar-refractivity contribution in [1.29, 1.82) is 0 Å². The summed E-state index contributed by atoms with van der Waals surface area (Å²) in [6, 6.07) is 20.2. The standard InChI is InChI=1S/C33H39ClN2O2/c1-38-32-30-7-3-2-6-26(30)14-17-31(32)27-18-22-36(23-19-27)21-5-4-20-35-33(37)28-10-8-24(9-11-28)25-12-15-29(34)16-13-25/h8-17,27H,2-7,18-23H2,1H3,(H,35,37). The minimum absolute atomic E-state index is 0.00697. The van der Waals surface area contributed by atoms with Gasteiger partial charge in [0.05, 0.1) is 7.11 Å². The number of carbonyl (C=O) groups excluding carboxylic acids is 1. The maximum Gasteiger partial charge on any atom is 0.251 e. The summed E-state index contributed by atoms with van der Waals surface area (Å²) in [5, 5.41) is 3.80. The van der Waals surface area contributed by atoms with E-state index < -0.39 is 0 Å². The highest BCUT2D eigenvalue weighted by Crippen LogP contribution is 2.40. The van der Waals surface area contributed by atoms with E-state index in [9.17, 15) is 4.79 Å². The van der Waals surface area contributed by atoms with Gasteiger partial charge in [-0.2, -0.15) is 0 Å². The van der Waals surface area contributed by atoms with Crippen LogP contribution in [0.4, 0.5) is 0 Å². The predicted octanol–water partition coefficient (Wildman–Crippen LogP) is 7.28. The molecule has 1 N–H and O–H groups in total. The van der Waals surface area contributed by atoms with E-state index in [4.69, 9.17) is 16.3 Å². The Kier molecular flexibility index (Phi) is 9.03. The lowest BCUT2D eigenvalue weighted by Crippen LogP contribution is -2.34. The molecule has 0 saturated carbocycles. The van der Waals surface area contributed by atoms with Crippen LogP contribution in [0, 0.1) is 0 Å². The van der Waals surface area contributed by atoms with Crippen LogP contribution in [0.15, 0.2) is 60.7 Å². The first kappa shape index (κ1) is 26.8. The third-order valence-corrected chi connectivity index (χ3v) is 8.51. The lowest BCUT2D eigenvalue weighted by atomic mass is 9.83. The molecule has 4 nitrogen and oxygen atoms in total. The smallest absolute Gasteiger partial charge is 0.251 e. The van der Waals surface area contributed by atoms with Crippen LogP contribution >= 0.6 is 11.6 Å².